The highest BCUT2D eigenvalue weighted by molar-refractivity contribution is 5.81. The van der Waals surface area contributed by atoms with Gasteiger partial charge in [-0.2, -0.15) is 0 Å². The van der Waals surface area contributed by atoms with E-state index in [1.807, 2.05) is 43.3 Å². The van der Waals surface area contributed by atoms with Crippen LogP contribution in [0.5, 0.6) is 0 Å². The van der Waals surface area contributed by atoms with Gasteiger partial charge in [0.15, 0.2) is 0 Å². The van der Waals surface area contributed by atoms with Gasteiger partial charge in [-0.15, -0.1) is 0 Å². The van der Waals surface area contributed by atoms with E-state index in [9.17, 15) is 9.59 Å². The molecule has 25 heavy (non-hydrogen) atoms. The van der Waals surface area contributed by atoms with E-state index >= 15 is 0 Å². The Morgan fingerprint density at radius 1 is 1.32 bits per heavy atom. The van der Waals surface area contributed by atoms with Gasteiger partial charge in [0.1, 0.15) is 11.5 Å². The summed E-state index contributed by atoms with van der Waals surface area (Å²) in [4.78, 5) is 27.9. The molecule has 0 spiro atoms. The van der Waals surface area contributed by atoms with E-state index in [1.165, 1.54) is 6.92 Å². The SMILES string of the molecule is CC(=O)N1C=Cc2ccccc2[C@H]1CC(=O)N(C)Cc1cc(C)on1. The van der Waals surface area contributed by atoms with E-state index in [2.05, 4.69) is 5.16 Å². The average Bonchev–Trinajstić information content (AvgIpc) is 2.99. The second kappa shape index (κ2) is 6.93. The number of fused-ring (bicyclic) bond motifs is 1. The van der Waals surface area contributed by atoms with Crippen molar-refractivity contribution in [1.82, 2.24) is 15.0 Å². The minimum atomic E-state index is -0.298. The minimum Gasteiger partial charge on any atom is -0.361 e. The summed E-state index contributed by atoms with van der Waals surface area (Å²) in [5.74, 6) is 0.574. The third kappa shape index (κ3) is 3.63. The number of amides is 2. The average molecular weight is 339 g/mol. The van der Waals surface area contributed by atoms with Crippen molar-refractivity contribution in [2.75, 3.05) is 7.05 Å². The molecule has 130 valence electrons. The summed E-state index contributed by atoms with van der Waals surface area (Å²) in [6, 6.07) is 9.34. The molecule has 6 nitrogen and oxygen atoms in total. The van der Waals surface area contributed by atoms with Gasteiger partial charge in [0.05, 0.1) is 19.0 Å². The van der Waals surface area contributed by atoms with E-state index in [4.69, 9.17) is 4.52 Å². The van der Waals surface area contributed by atoms with Crippen LogP contribution in [-0.2, 0) is 16.1 Å². The number of aromatic nitrogens is 1. The number of benzene rings is 1. The Labute approximate surface area is 146 Å². The first-order valence-electron chi connectivity index (χ1n) is 8.18. The molecule has 6 heteroatoms. The maximum Gasteiger partial charge on any atom is 0.225 e. The van der Waals surface area contributed by atoms with Gasteiger partial charge in [-0.1, -0.05) is 29.4 Å². The van der Waals surface area contributed by atoms with Crippen molar-refractivity contribution < 1.29 is 14.1 Å². The summed E-state index contributed by atoms with van der Waals surface area (Å²) in [5, 5.41) is 3.92. The van der Waals surface area contributed by atoms with E-state index in [0.717, 1.165) is 11.1 Å². The first kappa shape index (κ1) is 17.0. The number of rotatable bonds is 4. The topological polar surface area (TPSA) is 66.7 Å². The highest BCUT2D eigenvalue weighted by atomic mass is 16.5. The summed E-state index contributed by atoms with van der Waals surface area (Å²) in [5.41, 5.74) is 2.73. The van der Waals surface area contributed by atoms with E-state index < -0.39 is 0 Å². The largest absolute Gasteiger partial charge is 0.361 e. The third-order valence-corrected chi connectivity index (χ3v) is 4.34. The van der Waals surface area contributed by atoms with Crippen molar-refractivity contribution in [3.63, 3.8) is 0 Å². The van der Waals surface area contributed by atoms with Gasteiger partial charge in [-0.05, 0) is 24.1 Å². The van der Waals surface area contributed by atoms with Crippen LogP contribution in [0.1, 0.15) is 42.0 Å². The molecule has 0 N–H and O–H groups in total. The van der Waals surface area contributed by atoms with Crippen LogP contribution in [0.25, 0.3) is 6.08 Å². The van der Waals surface area contributed by atoms with Crippen LogP contribution in [0.15, 0.2) is 41.1 Å². The Kier molecular flexibility index (Phi) is 4.70. The second-order valence-corrected chi connectivity index (χ2v) is 6.27. The molecular formula is C19H21N3O3. The number of carbonyl (C=O) groups is 2. The Morgan fingerprint density at radius 3 is 2.76 bits per heavy atom. The summed E-state index contributed by atoms with van der Waals surface area (Å²) in [6.45, 7) is 3.70. The van der Waals surface area contributed by atoms with Crippen LogP contribution in [0, 0.1) is 6.92 Å². The van der Waals surface area contributed by atoms with E-state index in [0.29, 0.717) is 18.0 Å². The lowest BCUT2D eigenvalue weighted by atomic mass is 9.93. The molecule has 0 radical (unpaired) electrons. The first-order chi connectivity index (χ1) is 12.0. The normalized spacial score (nSPS) is 15.8. The molecule has 0 aliphatic carbocycles. The van der Waals surface area contributed by atoms with Crippen molar-refractivity contribution >= 4 is 17.9 Å². The second-order valence-electron chi connectivity index (χ2n) is 6.27. The van der Waals surface area contributed by atoms with Crippen LogP contribution < -0.4 is 0 Å². The van der Waals surface area contributed by atoms with Gasteiger partial charge in [-0.3, -0.25) is 9.59 Å². The van der Waals surface area contributed by atoms with Gasteiger partial charge in [0.2, 0.25) is 11.8 Å². The summed E-state index contributed by atoms with van der Waals surface area (Å²) >= 11 is 0. The van der Waals surface area contributed by atoms with Crippen LogP contribution in [0.2, 0.25) is 0 Å². The van der Waals surface area contributed by atoms with Gasteiger partial charge in [0, 0.05) is 26.2 Å². The fraction of sp³-hybridized carbons (Fsp3) is 0.316. The van der Waals surface area contributed by atoms with Crippen molar-refractivity contribution in [3.05, 3.63) is 59.1 Å². The van der Waals surface area contributed by atoms with Crippen LogP contribution in [-0.4, -0.2) is 33.8 Å². The summed E-state index contributed by atoms with van der Waals surface area (Å²) in [6.07, 6.45) is 3.87. The third-order valence-electron chi connectivity index (χ3n) is 4.34. The Hall–Kier alpha value is -2.89. The quantitative estimate of drug-likeness (QED) is 0.859. The lowest BCUT2D eigenvalue weighted by Gasteiger charge is -2.33. The molecule has 2 amide bonds. The molecule has 1 aromatic heterocycles. The standard InChI is InChI=1S/C19H21N3O3/c1-13-10-16(20-25-13)12-21(3)19(24)11-18-17-7-5-4-6-15(17)8-9-22(18)14(2)23/h4-10,18H,11-12H2,1-3H3/t18-/m1/s1. The van der Waals surface area contributed by atoms with Crippen molar-refractivity contribution in [3.8, 4) is 0 Å². The van der Waals surface area contributed by atoms with Crippen molar-refractivity contribution in [2.45, 2.75) is 32.9 Å². The monoisotopic (exact) mass is 339 g/mol. The molecule has 0 saturated heterocycles. The lowest BCUT2D eigenvalue weighted by molar-refractivity contribution is -0.134. The van der Waals surface area contributed by atoms with Gasteiger partial charge in [-0.25, -0.2) is 0 Å². The fourth-order valence-electron chi connectivity index (χ4n) is 3.06. The predicted octanol–water partition coefficient (Wildman–Crippen LogP) is 2.91. The number of hydrogen-bond acceptors (Lipinski definition) is 4. The van der Waals surface area contributed by atoms with Crippen molar-refractivity contribution in [1.29, 1.82) is 0 Å². The summed E-state index contributed by atoms with van der Waals surface area (Å²) in [7, 11) is 1.73. The molecule has 3 rings (SSSR count). The number of nitrogens with zero attached hydrogens (tertiary/aromatic N) is 3. The number of carbonyl (C=O) groups excluding carboxylic acids is 2. The number of aryl methyl sites for hydroxylation is 1. The Morgan fingerprint density at radius 2 is 2.08 bits per heavy atom. The minimum absolute atomic E-state index is 0.0537. The predicted molar refractivity (Wildman–Crippen MR) is 93.1 cm³/mol. The maximum atomic E-state index is 12.7. The van der Waals surface area contributed by atoms with E-state index in [-0.39, 0.29) is 24.3 Å². The maximum absolute atomic E-state index is 12.7. The molecular weight excluding hydrogens is 318 g/mol. The summed E-state index contributed by atoms with van der Waals surface area (Å²) < 4.78 is 5.04. The van der Waals surface area contributed by atoms with E-state index in [1.54, 1.807) is 23.0 Å². The lowest BCUT2D eigenvalue weighted by Crippen LogP contribution is -2.35. The zero-order valence-electron chi connectivity index (χ0n) is 14.6. The van der Waals surface area contributed by atoms with Crippen LogP contribution in [0.3, 0.4) is 0 Å². The smallest absolute Gasteiger partial charge is 0.225 e. The molecule has 2 aromatic rings. The molecule has 1 atom stereocenters. The zero-order chi connectivity index (χ0) is 18.0. The molecule has 0 unspecified atom stereocenters. The number of hydrogen-bond donors (Lipinski definition) is 0. The zero-order valence-corrected chi connectivity index (χ0v) is 14.6. The highest BCUT2D eigenvalue weighted by Gasteiger charge is 2.29. The molecule has 1 aliphatic rings. The fourth-order valence-corrected chi connectivity index (χ4v) is 3.06. The van der Waals surface area contributed by atoms with Crippen LogP contribution >= 0.6 is 0 Å². The molecule has 0 saturated carbocycles. The molecule has 2 heterocycles. The Balaban J connectivity index is 1.77. The van der Waals surface area contributed by atoms with Crippen molar-refractivity contribution in [2.24, 2.45) is 0 Å². The van der Waals surface area contributed by atoms with Crippen LogP contribution in [0.4, 0.5) is 0 Å². The molecule has 0 fully saturated rings. The van der Waals surface area contributed by atoms with Gasteiger partial charge >= 0.3 is 0 Å². The highest BCUT2D eigenvalue weighted by Crippen LogP contribution is 2.33. The first-order valence-corrected chi connectivity index (χ1v) is 8.18. The van der Waals surface area contributed by atoms with Gasteiger partial charge in [0.25, 0.3) is 0 Å². The van der Waals surface area contributed by atoms with Gasteiger partial charge < -0.3 is 14.3 Å². The molecule has 0 bridgehead atoms. The molecule has 1 aliphatic heterocycles. The molecule has 1 aromatic carbocycles. The Bertz CT molecular complexity index is 825.